The third kappa shape index (κ3) is 2.04. The number of carbonyl (C=O) groups is 1. The molecule has 0 heterocycles. The van der Waals surface area contributed by atoms with Crippen LogP contribution in [0.15, 0.2) is 36.4 Å². The summed E-state index contributed by atoms with van der Waals surface area (Å²) in [6.45, 7) is 1.90. The van der Waals surface area contributed by atoms with Crippen molar-refractivity contribution in [1.29, 1.82) is 0 Å². The third-order valence-electron chi connectivity index (χ3n) is 2.46. The molecule has 2 heteroatoms. The first kappa shape index (κ1) is 10.6. The van der Waals surface area contributed by atoms with Gasteiger partial charge in [-0.25, -0.2) is 0 Å². The van der Waals surface area contributed by atoms with E-state index in [1.165, 1.54) is 5.39 Å². The number of halogens is 1. The SMILES string of the molecule is CCC(=O)c1cc2ccccc2cc1I. The first-order chi connectivity index (χ1) is 7.22. The van der Waals surface area contributed by atoms with Crippen LogP contribution in [0.25, 0.3) is 10.8 Å². The lowest BCUT2D eigenvalue weighted by Gasteiger charge is -2.04. The van der Waals surface area contributed by atoms with E-state index < -0.39 is 0 Å². The molecule has 1 nitrogen and oxygen atoms in total. The van der Waals surface area contributed by atoms with E-state index in [-0.39, 0.29) is 5.78 Å². The number of benzene rings is 2. The van der Waals surface area contributed by atoms with E-state index in [9.17, 15) is 4.79 Å². The lowest BCUT2D eigenvalue weighted by atomic mass is 10.0. The Hall–Kier alpha value is -0.900. The monoisotopic (exact) mass is 310 g/mol. The molecule has 0 aromatic heterocycles. The predicted octanol–water partition coefficient (Wildman–Crippen LogP) is 4.04. The second kappa shape index (κ2) is 4.31. The maximum absolute atomic E-state index is 11.7. The van der Waals surface area contributed by atoms with Gasteiger partial charge in [0, 0.05) is 15.6 Å². The summed E-state index contributed by atoms with van der Waals surface area (Å²) in [5, 5.41) is 2.32. The second-order valence-corrected chi connectivity index (χ2v) is 4.62. The molecule has 0 atom stereocenters. The summed E-state index contributed by atoms with van der Waals surface area (Å²) >= 11 is 2.23. The zero-order valence-electron chi connectivity index (χ0n) is 8.46. The predicted molar refractivity (Wildman–Crippen MR) is 71.3 cm³/mol. The number of fused-ring (bicyclic) bond motifs is 1. The largest absolute Gasteiger partial charge is 0.294 e. The molecule has 0 saturated heterocycles. The Kier molecular flexibility index (Phi) is 3.05. The molecule has 0 aliphatic heterocycles. The van der Waals surface area contributed by atoms with Gasteiger partial charge in [0.1, 0.15) is 0 Å². The maximum Gasteiger partial charge on any atom is 0.163 e. The van der Waals surface area contributed by atoms with Crippen molar-refractivity contribution in [3.05, 3.63) is 45.5 Å². The first-order valence-corrected chi connectivity index (χ1v) is 6.01. The van der Waals surface area contributed by atoms with E-state index in [0.717, 1.165) is 14.5 Å². The minimum atomic E-state index is 0.213. The van der Waals surface area contributed by atoms with Crippen LogP contribution in [0.3, 0.4) is 0 Å². The van der Waals surface area contributed by atoms with Crippen molar-refractivity contribution in [2.24, 2.45) is 0 Å². The first-order valence-electron chi connectivity index (χ1n) is 4.94. The molecule has 0 unspecified atom stereocenters. The van der Waals surface area contributed by atoms with Gasteiger partial charge in [-0.3, -0.25) is 4.79 Å². The quantitative estimate of drug-likeness (QED) is 0.604. The summed E-state index contributed by atoms with van der Waals surface area (Å²) in [5.41, 5.74) is 0.844. The van der Waals surface area contributed by atoms with Gasteiger partial charge in [-0.05, 0) is 45.5 Å². The third-order valence-corrected chi connectivity index (χ3v) is 3.35. The Labute approximate surface area is 103 Å². The molecule has 0 spiro atoms. The number of hydrogen-bond acceptors (Lipinski definition) is 1. The lowest BCUT2D eigenvalue weighted by molar-refractivity contribution is 0.0987. The average Bonchev–Trinajstić information content (AvgIpc) is 2.27. The van der Waals surface area contributed by atoms with Gasteiger partial charge in [-0.1, -0.05) is 31.2 Å². The van der Waals surface area contributed by atoms with Gasteiger partial charge < -0.3 is 0 Å². The van der Waals surface area contributed by atoms with Crippen LogP contribution >= 0.6 is 22.6 Å². The molecule has 15 heavy (non-hydrogen) atoms. The molecule has 0 aliphatic carbocycles. The molecular weight excluding hydrogens is 299 g/mol. The molecule has 0 fully saturated rings. The molecule has 0 saturated carbocycles. The zero-order valence-corrected chi connectivity index (χ0v) is 10.6. The lowest BCUT2D eigenvalue weighted by Crippen LogP contribution is -1.99. The number of hydrogen-bond donors (Lipinski definition) is 0. The van der Waals surface area contributed by atoms with Crippen LogP contribution in [0.4, 0.5) is 0 Å². The Morgan fingerprint density at radius 3 is 2.40 bits per heavy atom. The molecule has 0 amide bonds. The van der Waals surface area contributed by atoms with Crippen molar-refractivity contribution >= 4 is 39.1 Å². The summed E-state index contributed by atoms with van der Waals surface area (Å²) in [5.74, 6) is 0.213. The molecule has 0 bridgehead atoms. The van der Waals surface area contributed by atoms with E-state index in [0.29, 0.717) is 6.42 Å². The highest BCUT2D eigenvalue weighted by Gasteiger charge is 2.08. The fourth-order valence-corrected chi connectivity index (χ4v) is 2.41. The number of rotatable bonds is 2. The van der Waals surface area contributed by atoms with Gasteiger partial charge in [-0.15, -0.1) is 0 Å². The zero-order chi connectivity index (χ0) is 10.8. The minimum Gasteiger partial charge on any atom is -0.294 e. The van der Waals surface area contributed by atoms with Crippen molar-refractivity contribution in [3.63, 3.8) is 0 Å². The number of carbonyl (C=O) groups excluding carboxylic acids is 1. The van der Waals surface area contributed by atoms with Crippen molar-refractivity contribution in [3.8, 4) is 0 Å². The van der Waals surface area contributed by atoms with Crippen LogP contribution < -0.4 is 0 Å². The molecule has 2 aromatic rings. The van der Waals surface area contributed by atoms with Gasteiger partial charge >= 0.3 is 0 Å². The highest BCUT2D eigenvalue weighted by atomic mass is 127. The Bertz CT molecular complexity index is 517. The summed E-state index contributed by atoms with van der Waals surface area (Å²) in [7, 11) is 0. The van der Waals surface area contributed by atoms with Crippen molar-refractivity contribution in [2.75, 3.05) is 0 Å². The average molecular weight is 310 g/mol. The fraction of sp³-hybridized carbons (Fsp3) is 0.154. The van der Waals surface area contributed by atoms with E-state index >= 15 is 0 Å². The maximum atomic E-state index is 11.7. The molecule has 0 aliphatic rings. The van der Waals surface area contributed by atoms with Crippen LogP contribution in [-0.2, 0) is 0 Å². The summed E-state index contributed by atoms with van der Waals surface area (Å²) in [4.78, 5) is 11.7. The molecule has 0 N–H and O–H groups in total. The highest BCUT2D eigenvalue weighted by molar-refractivity contribution is 14.1. The van der Waals surface area contributed by atoms with Gasteiger partial charge in [-0.2, -0.15) is 0 Å². The summed E-state index contributed by atoms with van der Waals surface area (Å²) in [6.07, 6.45) is 0.564. The van der Waals surface area contributed by atoms with Gasteiger partial charge in [0.25, 0.3) is 0 Å². The van der Waals surface area contributed by atoms with Crippen LogP contribution in [0, 0.1) is 3.57 Å². The molecule has 76 valence electrons. The normalized spacial score (nSPS) is 10.5. The Morgan fingerprint density at radius 1 is 1.20 bits per heavy atom. The molecule has 0 radical (unpaired) electrons. The summed E-state index contributed by atoms with van der Waals surface area (Å²) < 4.78 is 1.04. The van der Waals surface area contributed by atoms with Gasteiger partial charge in [0.2, 0.25) is 0 Å². The van der Waals surface area contributed by atoms with E-state index in [1.54, 1.807) is 0 Å². The van der Waals surface area contributed by atoms with Crippen LogP contribution in [0.1, 0.15) is 23.7 Å². The minimum absolute atomic E-state index is 0.213. The van der Waals surface area contributed by atoms with Gasteiger partial charge in [0.05, 0.1) is 0 Å². The van der Waals surface area contributed by atoms with Crippen LogP contribution in [0.5, 0.6) is 0 Å². The Balaban J connectivity index is 2.67. The van der Waals surface area contributed by atoms with Crippen LogP contribution in [-0.4, -0.2) is 5.78 Å². The second-order valence-electron chi connectivity index (χ2n) is 3.46. The molecule has 2 aromatic carbocycles. The number of Topliss-reactive ketones (excluding diaryl/α,β-unsaturated/α-hetero) is 1. The smallest absolute Gasteiger partial charge is 0.163 e. The van der Waals surface area contributed by atoms with Crippen molar-refractivity contribution in [1.82, 2.24) is 0 Å². The van der Waals surface area contributed by atoms with E-state index in [1.807, 2.05) is 31.2 Å². The van der Waals surface area contributed by atoms with Crippen molar-refractivity contribution < 1.29 is 4.79 Å². The standard InChI is InChI=1S/C13H11IO/c1-2-13(15)11-7-9-5-3-4-6-10(9)8-12(11)14/h3-8H,2H2,1H3. The Morgan fingerprint density at radius 2 is 1.80 bits per heavy atom. The fourth-order valence-electron chi connectivity index (χ4n) is 1.62. The van der Waals surface area contributed by atoms with Gasteiger partial charge in [0.15, 0.2) is 5.78 Å². The molecular formula is C13H11IO. The highest BCUT2D eigenvalue weighted by Crippen LogP contribution is 2.22. The van der Waals surface area contributed by atoms with E-state index in [2.05, 4.69) is 34.7 Å². The topological polar surface area (TPSA) is 17.1 Å². The van der Waals surface area contributed by atoms with E-state index in [4.69, 9.17) is 0 Å². The molecule has 2 rings (SSSR count). The number of ketones is 1. The summed E-state index contributed by atoms with van der Waals surface area (Å²) in [6, 6.07) is 12.2. The van der Waals surface area contributed by atoms with Crippen molar-refractivity contribution in [2.45, 2.75) is 13.3 Å². The van der Waals surface area contributed by atoms with Crippen LogP contribution in [0.2, 0.25) is 0 Å².